The number of aryl methyl sites for hydroxylation is 2. The second-order valence-corrected chi connectivity index (χ2v) is 3.89. The molecule has 0 aliphatic rings. The number of ether oxygens (including phenoxy) is 1. The maximum atomic E-state index is 5.56. The first-order valence-electron chi connectivity index (χ1n) is 5.53. The third-order valence-corrected chi connectivity index (χ3v) is 2.59. The molecule has 0 atom stereocenters. The maximum absolute atomic E-state index is 5.56. The van der Waals surface area contributed by atoms with Crippen LogP contribution in [0.15, 0.2) is 28.7 Å². The van der Waals surface area contributed by atoms with Crippen LogP contribution >= 0.6 is 0 Å². The van der Waals surface area contributed by atoms with Gasteiger partial charge >= 0.3 is 0 Å². The van der Waals surface area contributed by atoms with Crippen molar-refractivity contribution in [1.29, 1.82) is 0 Å². The monoisotopic (exact) mass is 232 g/mol. The number of rotatable bonds is 4. The van der Waals surface area contributed by atoms with Gasteiger partial charge in [0.1, 0.15) is 11.5 Å². The Kier molecular flexibility index (Phi) is 3.44. The summed E-state index contributed by atoms with van der Waals surface area (Å²) in [5.41, 5.74) is 7.51. The highest BCUT2D eigenvalue weighted by molar-refractivity contribution is 5.27. The highest BCUT2D eigenvalue weighted by Crippen LogP contribution is 2.15. The third-order valence-electron chi connectivity index (χ3n) is 2.59. The standard InChI is InChI=1S/C13H16N2O2/c1-9-10(2)17-13(15-9)8-16-12-5-3-11(7-14)4-6-12/h3-6H,7-8,14H2,1-2H3. The van der Waals surface area contributed by atoms with Crippen LogP contribution in [0, 0.1) is 13.8 Å². The Morgan fingerprint density at radius 1 is 1.24 bits per heavy atom. The average Bonchev–Trinajstić information content (AvgIpc) is 2.67. The molecule has 0 unspecified atom stereocenters. The molecule has 90 valence electrons. The molecule has 0 aliphatic carbocycles. The van der Waals surface area contributed by atoms with Gasteiger partial charge in [-0.25, -0.2) is 4.98 Å². The van der Waals surface area contributed by atoms with Crippen LogP contribution in [-0.2, 0) is 13.2 Å². The summed E-state index contributed by atoms with van der Waals surface area (Å²) in [6.45, 7) is 4.69. The first-order chi connectivity index (χ1) is 8.19. The van der Waals surface area contributed by atoms with E-state index in [1.807, 2.05) is 38.1 Å². The number of benzene rings is 1. The van der Waals surface area contributed by atoms with Crippen molar-refractivity contribution in [2.24, 2.45) is 5.73 Å². The van der Waals surface area contributed by atoms with Crippen molar-refractivity contribution in [3.63, 3.8) is 0 Å². The van der Waals surface area contributed by atoms with Crippen LogP contribution in [-0.4, -0.2) is 4.98 Å². The van der Waals surface area contributed by atoms with Crippen molar-refractivity contribution >= 4 is 0 Å². The molecular weight excluding hydrogens is 216 g/mol. The molecule has 1 aromatic heterocycles. The first kappa shape index (κ1) is 11.7. The van der Waals surface area contributed by atoms with Crippen LogP contribution in [0.5, 0.6) is 5.75 Å². The molecule has 1 heterocycles. The van der Waals surface area contributed by atoms with Crippen molar-refractivity contribution in [1.82, 2.24) is 4.98 Å². The van der Waals surface area contributed by atoms with Gasteiger partial charge in [0, 0.05) is 6.54 Å². The topological polar surface area (TPSA) is 61.3 Å². The zero-order valence-corrected chi connectivity index (χ0v) is 10.1. The predicted molar refractivity (Wildman–Crippen MR) is 64.6 cm³/mol. The molecule has 0 saturated heterocycles. The van der Waals surface area contributed by atoms with E-state index in [2.05, 4.69) is 4.98 Å². The molecule has 4 heteroatoms. The molecule has 2 rings (SSSR count). The molecule has 0 bridgehead atoms. The van der Waals surface area contributed by atoms with Gasteiger partial charge in [0.2, 0.25) is 5.89 Å². The molecule has 1 aromatic carbocycles. The van der Waals surface area contributed by atoms with E-state index < -0.39 is 0 Å². The van der Waals surface area contributed by atoms with E-state index in [-0.39, 0.29) is 0 Å². The van der Waals surface area contributed by atoms with Crippen LogP contribution in [0.1, 0.15) is 22.9 Å². The lowest BCUT2D eigenvalue weighted by molar-refractivity contribution is 0.260. The lowest BCUT2D eigenvalue weighted by atomic mass is 10.2. The average molecular weight is 232 g/mol. The van der Waals surface area contributed by atoms with E-state index in [1.165, 1.54) is 0 Å². The molecule has 2 N–H and O–H groups in total. The second kappa shape index (κ2) is 5.01. The molecule has 2 aromatic rings. The number of nitrogens with two attached hydrogens (primary N) is 1. The smallest absolute Gasteiger partial charge is 0.232 e. The van der Waals surface area contributed by atoms with E-state index in [9.17, 15) is 0 Å². The van der Waals surface area contributed by atoms with E-state index >= 15 is 0 Å². The fourth-order valence-electron chi connectivity index (χ4n) is 1.47. The number of aromatic nitrogens is 1. The Balaban J connectivity index is 1.97. The molecule has 0 fully saturated rings. The zero-order valence-electron chi connectivity index (χ0n) is 10.1. The van der Waals surface area contributed by atoms with E-state index in [0.717, 1.165) is 22.8 Å². The minimum Gasteiger partial charge on any atom is -0.484 e. The van der Waals surface area contributed by atoms with E-state index in [1.54, 1.807) is 0 Å². The highest BCUT2D eigenvalue weighted by atomic mass is 16.5. The number of hydrogen-bond acceptors (Lipinski definition) is 4. The van der Waals surface area contributed by atoms with Gasteiger partial charge in [0.15, 0.2) is 6.61 Å². The number of hydrogen-bond donors (Lipinski definition) is 1. The Morgan fingerprint density at radius 2 is 1.94 bits per heavy atom. The fourth-order valence-corrected chi connectivity index (χ4v) is 1.47. The normalized spacial score (nSPS) is 10.5. The summed E-state index contributed by atoms with van der Waals surface area (Å²) in [4.78, 5) is 4.25. The molecule has 0 radical (unpaired) electrons. The minimum atomic E-state index is 0.344. The number of nitrogens with zero attached hydrogens (tertiary/aromatic N) is 1. The fraction of sp³-hybridized carbons (Fsp3) is 0.308. The van der Waals surface area contributed by atoms with Crippen LogP contribution in [0.3, 0.4) is 0 Å². The molecule has 0 amide bonds. The molecule has 4 nitrogen and oxygen atoms in total. The van der Waals surface area contributed by atoms with E-state index in [0.29, 0.717) is 19.0 Å². The Labute approximate surface area is 100 Å². The van der Waals surface area contributed by atoms with Crippen LogP contribution < -0.4 is 10.5 Å². The summed E-state index contributed by atoms with van der Waals surface area (Å²) >= 11 is 0. The second-order valence-electron chi connectivity index (χ2n) is 3.89. The van der Waals surface area contributed by atoms with Gasteiger partial charge in [-0.15, -0.1) is 0 Å². The van der Waals surface area contributed by atoms with Crippen molar-refractivity contribution < 1.29 is 9.15 Å². The summed E-state index contributed by atoms with van der Waals surface area (Å²) in [6, 6.07) is 7.68. The summed E-state index contributed by atoms with van der Waals surface area (Å²) in [5.74, 6) is 2.22. The number of oxazole rings is 1. The summed E-state index contributed by atoms with van der Waals surface area (Å²) in [7, 11) is 0. The van der Waals surface area contributed by atoms with Crippen molar-refractivity contribution in [2.75, 3.05) is 0 Å². The Morgan fingerprint density at radius 3 is 2.47 bits per heavy atom. The third kappa shape index (κ3) is 2.85. The largest absolute Gasteiger partial charge is 0.484 e. The highest BCUT2D eigenvalue weighted by Gasteiger charge is 2.05. The molecular formula is C13H16N2O2. The van der Waals surface area contributed by atoms with Gasteiger partial charge in [0.05, 0.1) is 5.69 Å². The van der Waals surface area contributed by atoms with Crippen molar-refractivity contribution in [2.45, 2.75) is 27.0 Å². The molecule has 0 spiro atoms. The molecule has 0 aliphatic heterocycles. The van der Waals surface area contributed by atoms with Gasteiger partial charge in [-0.1, -0.05) is 12.1 Å². The Hall–Kier alpha value is -1.81. The lowest BCUT2D eigenvalue weighted by Crippen LogP contribution is -1.98. The summed E-state index contributed by atoms with van der Waals surface area (Å²) in [5, 5.41) is 0. The summed E-state index contributed by atoms with van der Waals surface area (Å²) < 4.78 is 11.0. The maximum Gasteiger partial charge on any atom is 0.232 e. The van der Waals surface area contributed by atoms with Gasteiger partial charge in [-0.3, -0.25) is 0 Å². The summed E-state index contributed by atoms with van der Waals surface area (Å²) in [6.07, 6.45) is 0. The minimum absolute atomic E-state index is 0.344. The van der Waals surface area contributed by atoms with Gasteiger partial charge in [-0.2, -0.15) is 0 Å². The molecule has 17 heavy (non-hydrogen) atoms. The van der Waals surface area contributed by atoms with Crippen LogP contribution in [0.25, 0.3) is 0 Å². The Bertz CT molecular complexity index is 469. The van der Waals surface area contributed by atoms with Crippen molar-refractivity contribution in [3.8, 4) is 5.75 Å². The van der Waals surface area contributed by atoms with Crippen LogP contribution in [0.2, 0.25) is 0 Å². The quantitative estimate of drug-likeness (QED) is 0.878. The molecule has 0 saturated carbocycles. The SMILES string of the molecule is Cc1nc(COc2ccc(CN)cc2)oc1C. The predicted octanol–water partition coefficient (Wildman–Crippen LogP) is 2.33. The lowest BCUT2D eigenvalue weighted by Gasteiger charge is -2.04. The van der Waals surface area contributed by atoms with Crippen molar-refractivity contribution in [3.05, 3.63) is 47.2 Å². The van der Waals surface area contributed by atoms with Gasteiger partial charge in [0.25, 0.3) is 0 Å². The first-order valence-corrected chi connectivity index (χ1v) is 5.53. The zero-order chi connectivity index (χ0) is 12.3. The van der Waals surface area contributed by atoms with Gasteiger partial charge in [-0.05, 0) is 31.5 Å². The van der Waals surface area contributed by atoms with E-state index in [4.69, 9.17) is 14.9 Å². The van der Waals surface area contributed by atoms with Gasteiger partial charge < -0.3 is 14.9 Å². The van der Waals surface area contributed by atoms with Crippen LogP contribution in [0.4, 0.5) is 0 Å².